The molecule has 0 aliphatic carbocycles. The molecule has 1 aromatic heterocycles. The van der Waals surface area contributed by atoms with Crippen molar-refractivity contribution in [1.82, 2.24) is 15.0 Å². The van der Waals surface area contributed by atoms with Crippen molar-refractivity contribution < 1.29 is 8.42 Å². The van der Waals surface area contributed by atoms with Crippen LogP contribution in [-0.2, 0) is 10.0 Å². The van der Waals surface area contributed by atoms with Crippen LogP contribution in [-0.4, -0.2) is 33.0 Å². The van der Waals surface area contributed by atoms with Gasteiger partial charge in [-0.2, -0.15) is 0 Å². The normalized spacial score (nSPS) is 11.1. The Hall–Kier alpha value is -2.43. The van der Waals surface area contributed by atoms with Gasteiger partial charge in [-0.15, -0.1) is 0 Å². The van der Waals surface area contributed by atoms with Crippen molar-refractivity contribution in [2.75, 3.05) is 19.6 Å². The SMILES string of the molecule is O=S(=O)(NCCNCC#Cc1ccc(Cl)cc1)c1cccc2cnccc12. The van der Waals surface area contributed by atoms with E-state index in [0.717, 1.165) is 10.9 Å². The lowest BCUT2D eigenvalue weighted by Gasteiger charge is -2.09. The molecule has 0 fully saturated rings. The van der Waals surface area contributed by atoms with Gasteiger partial charge >= 0.3 is 0 Å². The molecular formula is C20H18ClN3O2S. The highest BCUT2D eigenvalue weighted by Gasteiger charge is 2.16. The van der Waals surface area contributed by atoms with E-state index in [1.807, 2.05) is 18.2 Å². The Bertz CT molecular complexity index is 1080. The molecule has 3 aromatic rings. The lowest BCUT2D eigenvalue weighted by molar-refractivity contribution is 0.579. The van der Waals surface area contributed by atoms with E-state index in [2.05, 4.69) is 26.9 Å². The summed E-state index contributed by atoms with van der Waals surface area (Å²) >= 11 is 5.82. The number of hydrogen-bond acceptors (Lipinski definition) is 4. The van der Waals surface area contributed by atoms with Crippen molar-refractivity contribution in [2.24, 2.45) is 0 Å². The predicted octanol–water partition coefficient (Wildman–Crippen LogP) is 2.81. The second-order valence-electron chi connectivity index (χ2n) is 5.74. The fourth-order valence-corrected chi connectivity index (χ4v) is 3.89. The van der Waals surface area contributed by atoms with Crippen LogP contribution in [0.5, 0.6) is 0 Å². The summed E-state index contributed by atoms with van der Waals surface area (Å²) in [6.45, 7) is 1.21. The molecule has 1 heterocycles. The second-order valence-corrected chi connectivity index (χ2v) is 7.91. The van der Waals surface area contributed by atoms with Gasteiger partial charge in [0.15, 0.2) is 0 Å². The summed E-state index contributed by atoms with van der Waals surface area (Å²) < 4.78 is 27.7. The summed E-state index contributed by atoms with van der Waals surface area (Å²) in [4.78, 5) is 4.28. The molecule has 0 saturated carbocycles. The maximum Gasteiger partial charge on any atom is 0.241 e. The minimum atomic E-state index is -3.59. The zero-order valence-corrected chi connectivity index (χ0v) is 16.0. The topological polar surface area (TPSA) is 71.1 Å². The molecule has 0 bridgehead atoms. The maximum absolute atomic E-state index is 12.5. The van der Waals surface area contributed by atoms with Crippen LogP contribution in [0.2, 0.25) is 5.02 Å². The lowest BCUT2D eigenvalue weighted by atomic mass is 10.2. The first-order valence-corrected chi connectivity index (χ1v) is 10.2. The van der Waals surface area contributed by atoms with Gasteiger partial charge in [0.05, 0.1) is 11.4 Å². The summed E-state index contributed by atoms with van der Waals surface area (Å²) in [6.07, 6.45) is 3.23. The zero-order valence-electron chi connectivity index (χ0n) is 14.4. The minimum absolute atomic E-state index is 0.255. The third-order valence-electron chi connectivity index (χ3n) is 3.81. The molecule has 3 rings (SSSR count). The average Bonchev–Trinajstić information content (AvgIpc) is 2.68. The van der Waals surface area contributed by atoms with Gasteiger partial charge in [-0.25, -0.2) is 13.1 Å². The third-order valence-corrected chi connectivity index (χ3v) is 5.59. The number of nitrogens with one attached hydrogen (secondary N) is 2. The van der Waals surface area contributed by atoms with E-state index < -0.39 is 10.0 Å². The number of pyridine rings is 1. The Morgan fingerprint density at radius 3 is 2.67 bits per heavy atom. The summed E-state index contributed by atoms with van der Waals surface area (Å²) in [5.74, 6) is 6.00. The number of nitrogens with zero attached hydrogens (tertiary/aromatic N) is 1. The van der Waals surface area contributed by atoms with Crippen molar-refractivity contribution >= 4 is 32.4 Å². The Kier molecular flexibility index (Phi) is 6.43. The maximum atomic E-state index is 12.5. The van der Waals surface area contributed by atoms with Crippen LogP contribution < -0.4 is 10.0 Å². The van der Waals surface area contributed by atoms with Crippen LogP contribution in [0.15, 0.2) is 65.8 Å². The van der Waals surface area contributed by atoms with Crippen LogP contribution in [0, 0.1) is 11.8 Å². The molecule has 0 unspecified atom stereocenters. The quantitative estimate of drug-likeness (QED) is 0.494. The first kappa shape index (κ1) is 19.3. The first-order valence-electron chi connectivity index (χ1n) is 8.34. The lowest BCUT2D eigenvalue weighted by Crippen LogP contribution is -2.32. The summed E-state index contributed by atoms with van der Waals surface area (Å²) in [5, 5.41) is 5.21. The largest absolute Gasteiger partial charge is 0.305 e. The standard InChI is InChI=1S/C20H18ClN3O2S/c21-18-8-6-16(7-9-18)3-2-11-22-13-14-24-27(25,26)20-5-1-4-17-15-23-12-10-19(17)20/h1,4-10,12,15,22,24H,11,13-14H2. The van der Waals surface area contributed by atoms with Gasteiger partial charge in [-0.1, -0.05) is 35.6 Å². The van der Waals surface area contributed by atoms with E-state index in [4.69, 9.17) is 11.6 Å². The van der Waals surface area contributed by atoms with E-state index in [-0.39, 0.29) is 11.4 Å². The van der Waals surface area contributed by atoms with E-state index in [1.54, 1.807) is 42.7 Å². The van der Waals surface area contributed by atoms with Crippen LogP contribution in [0.4, 0.5) is 0 Å². The highest BCUT2D eigenvalue weighted by Crippen LogP contribution is 2.21. The number of hydrogen-bond donors (Lipinski definition) is 2. The molecule has 138 valence electrons. The molecule has 0 spiro atoms. The molecule has 27 heavy (non-hydrogen) atoms. The molecule has 2 N–H and O–H groups in total. The van der Waals surface area contributed by atoms with Gasteiger partial charge < -0.3 is 5.32 Å². The Morgan fingerprint density at radius 1 is 1.04 bits per heavy atom. The number of aromatic nitrogens is 1. The smallest absolute Gasteiger partial charge is 0.241 e. The molecule has 0 saturated heterocycles. The average molecular weight is 400 g/mol. The zero-order chi connectivity index (χ0) is 19.1. The summed E-state index contributed by atoms with van der Waals surface area (Å²) in [6, 6.07) is 14.1. The Labute approximate surface area is 163 Å². The third kappa shape index (κ3) is 5.28. The van der Waals surface area contributed by atoms with Crippen LogP contribution in [0.3, 0.4) is 0 Å². The molecule has 0 amide bonds. The molecule has 5 nitrogen and oxygen atoms in total. The van der Waals surface area contributed by atoms with Gasteiger partial charge in [0, 0.05) is 46.8 Å². The monoisotopic (exact) mass is 399 g/mol. The minimum Gasteiger partial charge on any atom is -0.305 e. The number of sulfonamides is 1. The molecule has 0 aliphatic rings. The van der Waals surface area contributed by atoms with E-state index in [0.29, 0.717) is 23.5 Å². The van der Waals surface area contributed by atoms with Gasteiger partial charge in [-0.3, -0.25) is 4.98 Å². The first-order chi connectivity index (χ1) is 13.1. The molecule has 0 atom stereocenters. The van der Waals surface area contributed by atoms with Crippen molar-refractivity contribution in [3.05, 3.63) is 71.5 Å². The van der Waals surface area contributed by atoms with Crippen molar-refractivity contribution in [3.8, 4) is 11.8 Å². The van der Waals surface area contributed by atoms with E-state index >= 15 is 0 Å². The fourth-order valence-electron chi connectivity index (χ4n) is 2.51. The summed E-state index contributed by atoms with van der Waals surface area (Å²) in [5.41, 5.74) is 0.882. The highest BCUT2D eigenvalue weighted by molar-refractivity contribution is 7.89. The molecular weight excluding hydrogens is 382 g/mol. The van der Waals surface area contributed by atoms with Gasteiger partial charge in [-0.05, 0) is 36.4 Å². The molecule has 0 radical (unpaired) electrons. The summed E-state index contributed by atoms with van der Waals surface area (Å²) in [7, 11) is -3.59. The van der Waals surface area contributed by atoms with Crippen LogP contribution in [0.1, 0.15) is 5.56 Å². The van der Waals surface area contributed by atoms with Crippen molar-refractivity contribution in [1.29, 1.82) is 0 Å². The van der Waals surface area contributed by atoms with Crippen LogP contribution >= 0.6 is 11.6 Å². The Morgan fingerprint density at radius 2 is 1.85 bits per heavy atom. The number of fused-ring (bicyclic) bond motifs is 1. The van der Waals surface area contributed by atoms with Gasteiger partial charge in [0.2, 0.25) is 10.0 Å². The Balaban J connectivity index is 1.50. The van der Waals surface area contributed by atoms with E-state index in [1.165, 1.54) is 0 Å². The fraction of sp³-hybridized carbons (Fsp3) is 0.150. The van der Waals surface area contributed by atoms with E-state index in [9.17, 15) is 8.42 Å². The van der Waals surface area contributed by atoms with Gasteiger partial charge in [0.1, 0.15) is 0 Å². The number of halogens is 1. The number of rotatable bonds is 6. The van der Waals surface area contributed by atoms with Crippen LogP contribution in [0.25, 0.3) is 10.8 Å². The molecule has 2 aromatic carbocycles. The van der Waals surface area contributed by atoms with Crippen molar-refractivity contribution in [3.63, 3.8) is 0 Å². The molecule has 7 heteroatoms. The van der Waals surface area contributed by atoms with Gasteiger partial charge in [0.25, 0.3) is 0 Å². The van der Waals surface area contributed by atoms with Crippen molar-refractivity contribution in [2.45, 2.75) is 4.90 Å². The predicted molar refractivity (Wildman–Crippen MR) is 108 cm³/mol. The number of benzene rings is 2. The highest BCUT2D eigenvalue weighted by atomic mass is 35.5. The molecule has 0 aliphatic heterocycles. The second kappa shape index (κ2) is 8.98.